The molecule has 3 heterocycles. The van der Waals surface area contributed by atoms with Crippen LogP contribution in [0.1, 0.15) is 23.5 Å². The summed E-state index contributed by atoms with van der Waals surface area (Å²) in [4.78, 5) is 15.0. The molecule has 1 fully saturated rings. The van der Waals surface area contributed by atoms with E-state index < -0.39 is 0 Å². The summed E-state index contributed by atoms with van der Waals surface area (Å²) >= 11 is 12.6. The average Bonchev–Trinajstić information content (AvgIpc) is 3.26. The molecule has 2 aromatic heterocycles. The number of amides is 1. The topological polar surface area (TPSA) is 83.6 Å². The molecule has 33 heavy (non-hydrogen) atoms. The fourth-order valence-corrected chi connectivity index (χ4v) is 4.48. The number of rotatable bonds is 4. The van der Waals surface area contributed by atoms with Gasteiger partial charge >= 0.3 is 0 Å². The van der Waals surface area contributed by atoms with Crippen LogP contribution in [0.3, 0.4) is 0 Å². The van der Waals surface area contributed by atoms with Gasteiger partial charge in [0.2, 0.25) is 5.82 Å². The number of likely N-dealkylation sites (tertiary alicyclic amines) is 1. The molecule has 0 aliphatic carbocycles. The number of piperidine rings is 1. The number of aliphatic hydroxyl groups excluding tert-OH is 1. The van der Waals surface area contributed by atoms with Crippen molar-refractivity contribution in [2.45, 2.75) is 12.8 Å². The number of halogens is 2. The van der Waals surface area contributed by atoms with Crippen molar-refractivity contribution in [3.05, 3.63) is 70.5 Å². The Hall–Kier alpha value is -3.00. The van der Waals surface area contributed by atoms with Gasteiger partial charge in [0.15, 0.2) is 5.65 Å². The standard InChI is InChI=1S/C24H21Cl2N5O2/c25-17-7-5-16(6-8-17)19-13-21-27-28-23(24(33)30-11-9-15(14-32)10-12-30)31(21)29-22(19)18-3-1-2-4-20(18)26/h1-8,13,15,32H,9-12,14H2. The first-order valence-electron chi connectivity index (χ1n) is 10.7. The fraction of sp³-hybridized carbons (Fsp3) is 0.250. The van der Waals surface area contributed by atoms with Gasteiger partial charge in [0.05, 0.1) is 5.02 Å². The molecule has 0 spiro atoms. The smallest absolute Gasteiger partial charge is 0.293 e. The molecule has 1 aliphatic heterocycles. The second-order valence-electron chi connectivity index (χ2n) is 8.11. The Morgan fingerprint density at radius 2 is 1.73 bits per heavy atom. The summed E-state index contributed by atoms with van der Waals surface area (Å²) in [6.07, 6.45) is 1.52. The fourth-order valence-electron chi connectivity index (χ4n) is 4.13. The van der Waals surface area contributed by atoms with Crippen molar-refractivity contribution in [2.24, 2.45) is 5.92 Å². The van der Waals surface area contributed by atoms with Crippen molar-refractivity contribution in [1.29, 1.82) is 0 Å². The number of aliphatic hydroxyl groups is 1. The van der Waals surface area contributed by atoms with Crippen LogP contribution in [0.5, 0.6) is 0 Å². The van der Waals surface area contributed by atoms with Crippen molar-refractivity contribution in [2.75, 3.05) is 19.7 Å². The van der Waals surface area contributed by atoms with Gasteiger partial charge in [-0.1, -0.05) is 53.5 Å². The number of fused-ring (bicyclic) bond motifs is 1. The summed E-state index contributed by atoms with van der Waals surface area (Å²) < 4.78 is 1.48. The number of carbonyl (C=O) groups excluding carboxylic acids is 1. The number of nitrogens with zero attached hydrogens (tertiary/aromatic N) is 5. The highest BCUT2D eigenvalue weighted by molar-refractivity contribution is 6.33. The Morgan fingerprint density at radius 3 is 2.42 bits per heavy atom. The normalized spacial score (nSPS) is 14.7. The molecule has 1 aliphatic rings. The Balaban J connectivity index is 1.62. The summed E-state index contributed by atoms with van der Waals surface area (Å²) in [5.74, 6) is 0.162. The maximum absolute atomic E-state index is 13.2. The van der Waals surface area contributed by atoms with Gasteiger partial charge in [-0.2, -0.15) is 9.61 Å². The Morgan fingerprint density at radius 1 is 1.00 bits per heavy atom. The highest BCUT2D eigenvalue weighted by atomic mass is 35.5. The third-order valence-electron chi connectivity index (χ3n) is 6.03. The Bertz CT molecular complexity index is 1310. The summed E-state index contributed by atoms with van der Waals surface area (Å²) in [6, 6.07) is 16.7. The van der Waals surface area contributed by atoms with Gasteiger partial charge in [-0.3, -0.25) is 4.79 Å². The number of hydrogen-bond acceptors (Lipinski definition) is 5. The largest absolute Gasteiger partial charge is 0.396 e. The van der Waals surface area contributed by atoms with E-state index >= 15 is 0 Å². The molecular weight excluding hydrogens is 461 g/mol. The third-order valence-corrected chi connectivity index (χ3v) is 6.61. The van der Waals surface area contributed by atoms with Crippen LogP contribution in [0.2, 0.25) is 10.0 Å². The summed E-state index contributed by atoms with van der Waals surface area (Å²) in [7, 11) is 0. The molecule has 168 valence electrons. The quantitative estimate of drug-likeness (QED) is 0.460. The van der Waals surface area contributed by atoms with E-state index in [1.54, 1.807) is 11.0 Å². The van der Waals surface area contributed by atoms with Crippen molar-refractivity contribution >= 4 is 34.8 Å². The van der Waals surface area contributed by atoms with Crippen LogP contribution in [0, 0.1) is 5.92 Å². The first-order chi connectivity index (χ1) is 16.0. The lowest BCUT2D eigenvalue weighted by atomic mass is 9.98. The molecule has 1 saturated heterocycles. The molecule has 0 atom stereocenters. The van der Waals surface area contributed by atoms with Gasteiger partial charge in [0, 0.05) is 35.8 Å². The van der Waals surface area contributed by atoms with Crippen LogP contribution in [0.15, 0.2) is 54.6 Å². The molecule has 0 bridgehead atoms. The van der Waals surface area contributed by atoms with Crippen LogP contribution >= 0.6 is 23.2 Å². The predicted octanol–water partition coefficient (Wildman–Crippen LogP) is 4.61. The van der Waals surface area contributed by atoms with E-state index in [2.05, 4.69) is 10.2 Å². The summed E-state index contributed by atoms with van der Waals surface area (Å²) in [5.41, 5.74) is 3.52. The number of carbonyl (C=O) groups is 1. The Labute approximate surface area is 200 Å². The maximum atomic E-state index is 13.2. The lowest BCUT2D eigenvalue weighted by Gasteiger charge is -2.30. The summed E-state index contributed by atoms with van der Waals surface area (Å²) in [6.45, 7) is 1.28. The summed E-state index contributed by atoms with van der Waals surface area (Å²) in [5, 5.41) is 23.8. The molecule has 0 radical (unpaired) electrons. The molecule has 7 nitrogen and oxygen atoms in total. The van der Waals surface area contributed by atoms with Crippen molar-refractivity contribution < 1.29 is 9.90 Å². The predicted molar refractivity (Wildman–Crippen MR) is 127 cm³/mol. The number of hydrogen-bond donors (Lipinski definition) is 1. The SMILES string of the molecule is O=C(c1nnc2cc(-c3ccc(Cl)cc3)c(-c3ccccc3Cl)nn12)N1CCC(CO)CC1. The number of benzene rings is 2. The lowest BCUT2D eigenvalue weighted by molar-refractivity contribution is 0.0636. The zero-order valence-electron chi connectivity index (χ0n) is 17.7. The van der Waals surface area contributed by atoms with Crippen LogP contribution < -0.4 is 0 Å². The highest BCUT2D eigenvalue weighted by Gasteiger charge is 2.27. The lowest BCUT2D eigenvalue weighted by Crippen LogP contribution is -2.40. The second kappa shape index (κ2) is 9.09. The highest BCUT2D eigenvalue weighted by Crippen LogP contribution is 2.35. The van der Waals surface area contributed by atoms with Crippen molar-refractivity contribution in [3.63, 3.8) is 0 Å². The van der Waals surface area contributed by atoms with E-state index in [9.17, 15) is 9.90 Å². The Kier molecular flexibility index (Phi) is 6.01. The van der Waals surface area contributed by atoms with Gasteiger partial charge < -0.3 is 10.0 Å². The molecule has 5 rings (SSSR count). The first kappa shape index (κ1) is 21.8. The maximum Gasteiger partial charge on any atom is 0.293 e. The van der Waals surface area contributed by atoms with Crippen LogP contribution in [-0.4, -0.2) is 55.4 Å². The molecule has 4 aromatic rings. The van der Waals surface area contributed by atoms with E-state index in [0.29, 0.717) is 34.5 Å². The molecule has 9 heteroatoms. The molecule has 2 aromatic carbocycles. The zero-order valence-corrected chi connectivity index (χ0v) is 19.2. The van der Waals surface area contributed by atoms with E-state index in [1.807, 2.05) is 48.5 Å². The zero-order chi connectivity index (χ0) is 22.9. The van der Waals surface area contributed by atoms with Crippen molar-refractivity contribution in [3.8, 4) is 22.4 Å². The first-order valence-corrected chi connectivity index (χ1v) is 11.5. The van der Waals surface area contributed by atoms with Crippen molar-refractivity contribution in [1.82, 2.24) is 24.7 Å². The van der Waals surface area contributed by atoms with Gasteiger partial charge in [-0.15, -0.1) is 10.2 Å². The molecule has 1 amide bonds. The van der Waals surface area contributed by atoms with Gasteiger partial charge in [-0.05, 0) is 48.6 Å². The molecular formula is C24H21Cl2N5O2. The van der Waals surface area contributed by atoms with Crippen LogP contribution in [-0.2, 0) is 0 Å². The van der Waals surface area contributed by atoms with Crippen LogP contribution in [0.25, 0.3) is 28.0 Å². The van der Waals surface area contributed by atoms with E-state index in [4.69, 9.17) is 28.3 Å². The monoisotopic (exact) mass is 481 g/mol. The third kappa shape index (κ3) is 4.19. The van der Waals surface area contributed by atoms with Crippen LogP contribution in [0.4, 0.5) is 0 Å². The van der Waals surface area contributed by atoms with Gasteiger partial charge in [-0.25, -0.2) is 0 Å². The average molecular weight is 482 g/mol. The van der Waals surface area contributed by atoms with E-state index in [0.717, 1.165) is 29.5 Å². The second-order valence-corrected chi connectivity index (χ2v) is 8.95. The minimum absolute atomic E-state index is 0.145. The van der Waals surface area contributed by atoms with E-state index in [1.165, 1.54) is 4.52 Å². The minimum atomic E-state index is -0.226. The molecule has 0 unspecified atom stereocenters. The van der Waals surface area contributed by atoms with Gasteiger partial charge in [0.25, 0.3) is 5.91 Å². The number of aromatic nitrogens is 4. The minimum Gasteiger partial charge on any atom is -0.396 e. The molecule has 0 saturated carbocycles. The van der Waals surface area contributed by atoms with Gasteiger partial charge in [0.1, 0.15) is 5.69 Å². The van der Waals surface area contributed by atoms with E-state index in [-0.39, 0.29) is 24.3 Å². The molecule has 1 N–H and O–H groups in total.